The van der Waals surface area contributed by atoms with E-state index in [0.29, 0.717) is 23.3 Å². The van der Waals surface area contributed by atoms with Crippen LogP contribution in [-0.2, 0) is 14.4 Å². The fourth-order valence-corrected chi connectivity index (χ4v) is 4.64. The van der Waals surface area contributed by atoms with Crippen LogP contribution in [0.3, 0.4) is 0 Å². The van der Waals surface area contributed by atoms with Gasteiger partial charge in [0.05, 0.1) is 18.9 Å². The Kier molecular flexibility index (Phi) is 3.55. The van der Waals surface area contributed by atoms with E-state index in [2.05, 4.69) is 5.32 Å². The van der Waals surface area contributed by atoms with Gasteiger partial charge in [0.15, 0.2) is 0 Å². The number of likely N-dealkylation sites (tertiary alicyclic amines) is 1. The molecule has 3 fully saturated rings. The number of rotatable bonds is 4. The molecule has 4 atom stereocenters. The number of carbonyl (C=O) groups is 3. The van der Waals surface area contributed by atoms with E-state index in [1.165, 1.54) is 4.90 Å². The van der Waals surface area contributed by atoms with Crippen LogP contribution in [0.1, 0.15) is 19.3 Å². The second-order valence-corrected chi connectivity index (χ2v) is 6.92. The molecular weight excluding hydrogens is 308 g/mol. The van der Waals surface area contributed by atoms with Gasteiger partial charge in [0, 0.05) is 5.69 Å². The smallest absolute Gasteiger partial charge is 0.244 e. The van der Waals surface area contributed by atoms with E-state index in [4.69, 9.17) is 4.74 Å². The molecule has 2 aliphatic carbocycles. The lowest BCUT2D eigenvalue weighted by molar-refractivity contribution is -0.143. The summed E-state index contributed by atoms with van der Waals surface area (Å²) in [5.74, 6) is 0.367. The van der Waals surface area contributed by atoms with Gasteiger partial charge in [-0.3, -0.25) is 19.3 Å². The molecule has 3 aliphatic rings. The molecule has 1 aliphatic heterocycles. The van der Waals surface area contributed by atoms with E-state index in [1.54, 1.807) is 31.4 Å². The molecule has 1 saturated heterocycles. The number of benzene rings is 1. The molecule has 0 spiro atoms. The summed E-state index contributed by atoms with van der Waals surface area (Å²) in [4.78, 5) is 38.5. The van der Waals surface area contributed by atoms with Crippen LogP contribution in [0.4, 0.5) is 5.69 Å². The summed E-state index contributed by atoms with van der Waals surface area (Å²) in [6.07, 6.45) is 3.08. The highest BCUT2D eigenvalue weighted by atomic mass is 16.5. The van der Waals surface area contributed by atoms with Crippen molar-refractivity contribution in [1.29, 1.82) is 0 Å². The fourth-order valence-electron chi connectivity index (χ4n) is 4.64. The van der Waals surface area contributed by atoms with Gasteiger partial charge in [-0.05, 0) is 55.4 Å². The Hall–Kier alpha value is -2.37. The molecular formula is C18H20N2O4. The number of hydrogen-bond acceptors (Lipinski definition) is 4. The predicted molar refractivity (Wildman–Crippen MR) is 86.2 cm³/mol. The van der Waals surface area contributed by atoms with Gasteiger partial charge in [0.1, 0.15) is 12.3 Å². The average molecular weight is 328 g/mol. The summed E-state index contributed by atoms with van der Waals surface area (Å²) >= 11 is 0. The Bertz CT molecular complexity index is 671. The molecule has 0 aromatic heterocycles. The normalized spacial score (nSPS) is 30.6. The van der Waals surface area contributed by atoms with Crippen LogP contribution in [0.2, 0.25) is 0 Å². The molecule has 3 amide bonds. The van der Waals surface area contributed by atoms with Crippen LogP contribution in [-0.4, -0.2) is 36.3 Å². The topological polar surface area (TPSA) is 75.7 Å². The Labute approximate surface area is 140 Å². The first-order valence-corrected chi connectivity index (χ1v) is 8.37. The molecule has 1 aromatic carbocycles. The molecule has 2 saturated carbocycles. The maximum Gasteiger partial charge on any atom is 0.244 e. The van der Waals surface area contributed by atoms with Crippen LogP contribution < -0.4 is 10.1 Å². The summed E-state index contributed by atoms with van der Waals surface area (Å²) in [5.41, 5.74) is 0.611. The second-order valence-electron chi connectivity index (χ2n) is 6.92. The van der Waals surface area contributed by atoms with Gasteiger partial charge in [-0.1, -0.05) is 0 Å². The van der Waals surface area contributed by atoms with Gasteiger partial charge in [0.25, 0.3) is 0 Å². The third-order valence-corrected chi connectivity index (χ3v) is 5.69. The van der Waals surface area contributed by atoms with Gasteiger partial charge in [-0.2, -0.15) is 0 Å². The zero-order chi connectivity index (χ0) is 16.8. The number of fused-ring (bicyclic) bond motifs is 5. The standard InChI is InChI=1S/C18H20N2O4/c1-24-13-6-4-12(5-7-13)19-14(21)9-20-17(22)15-10-2-3-11(8-10)16(15)18(20)23/h4-7,10-11,15-16H,2-3,8-9H2,1H3,(H,19,21)/t10-,11+,15?,16?. The fraction of sp³-hybridized carbons (Fsp3) is 0.500. The number of nitrogens with one attached hydrogen (secondary N) is 1. The van der Waals surface area contributed by atoms with Crippen LogP contribution in [0.15, 0.2) is 24.3 Å². The molecule has 4 rings (SSSR count). The van der Waals surface area contributed by atoms with E-state index < -0.39 is 0 Å². The first kappa shape index (κ1) is 15.2. The summed E-state index contributed by atoms with van der Waals surface area (Å²) < 4.78 is 5.07. The van der Waals surface area contributed by atoms with E-state index >= 15 is 0 Å². The first-order chi connectivity index (χ1) is 11.6. The third-order valence-electron chi connectivity index (χ3n) is 5.69. The number of imide groups is 1. The molecule has 1 heterocycles. The summed E-state index contributed by atoms with van der Waals surface area (Å²) in [5, 5.41) is 2.72. The minimum absolute atomic E-state index is 0.151. The Morgan fingerprint density at radius 1 is 1.12 bits per heavy atom. The minimum atomic E-state index is -0.353. The van der Waals surface area contributed by atoms with Crippen LogP contribution >= 0.6 is 0 Å². The lowest BCUT2D eigenvalue weighted by Crippen LogP contribution is -2.39. The van der Waals surface area contributed by atoms with E-state index in [0.717, 1.165) is 19.3 Å². The first-order valence-electron chi connectivity index (χ1n) is 8.37. The highest BCUT2D eigenvalue weighted by Gasteiger charge is 2.60. The van der Waals surface area contributed by atoms with E-state index in [9.17, 15) is 14.4 Å². The van der Waals surface area contributed by atoms with Crippen LogP contribution in [0, 0.1) is 23.7 Å². The van der Waals surface area contributed by atoms with Crippen molar-refractivity contribution in [3.8, 4) is 5.75 Å². The van der Waals surface area contributed by atoms with Gasteiger partial charge in [-0.15, -0.1) is 0 Å². The highest BCUT2D eigenvalue weighted by Crippen LogP contribution is 2.56. The van der Waals surface area contributed by atoms with Crippen molar-refractivity contribution in [3.63, 3.8) is 0 Å². The number of hydrogen-bond donors (Lipinski definition) is 1. The van der Waals surface area contributed by atoms with Crippen molar-refractivity contribution >= 4 is 23.4 Å². The molecule has 1 aromatic rings. The van der Waals surface area contributed by atoms with Crippen molar-refractivity contribution in [2.24, 2.45) is 23.7 Å². The average Bonchev–Trinajstić information content (AvgIpc) is 3.25. The lowest BCUT2D eigenvalue weighted by Gasteiger charge is -2.19. The number of amides is 3. The van der Waals surface area contributed by atoms with Gasteiger partial charge < -0.3 is 10.1 Å². The molecule has 0 radical (unpaired) electrons. The SMILES string of the molecule is COc1ccc(NC(=O)CN2C(=O)C3C(C2=O)[C@H]2CC[C@@H]3C2)cc1. The van der Waals surface area contributed by atoms with Crippen molar-refractivity contribution in [2.45, 2.75) is 19.3 Å². The maximum absolute atomic E-state index is 12.6. The zero-order valence-electron chi connectivity index (χ0n) is 13.5. The van der Waals surface area contributed by atoms with E-state index in [-0.39, 0.29) is 36.1 Å². The summed E-state index contributed by atoms with van der Waals surface area (Å²) in [6.45, 7) is -0.198. The van der Waals surface area contributed by atoms with Crippen molar-refractivity contribution in [2.75, 3.05) is 19.0 Å². The number of methoxy groups -OCH3 is 1. The molecule has 24 heavy (non-hydrogen) atoms. The molecule has 126 valence electrons. The number of ether oxygens (including phenoxy) is 1. The summed E-state index contributed by atoms with van der Waals surface area (Å²) in [6, 6.07) is 6.92. The highest BCUT2D eigenvalue weighted by molar-refractivity contribution is 6.09. The zero-order valence-corrected chi connectivity index (χ0v) is 13.5. The number of carbonyl (C=O) groups excluding carboxylic acids is 3. The largest absolute Gasteiger partial charge is 0.497 e. The number of anilines is 1. The molecule has 2 bridgehead atoms. The Morgan fingerprint density at radius 2 is 1.71 bits per heavy atom. The lowest BCUT2D eigenvalue weighted by atomic mass is 9.81. The van der Waals surface area contributed by atoms with E-state index in [1.807, 2.05) is 0 Å². The molecule has 6 nitrogen and oxygen atoms in total. The van der Waals surface area contributed by atoms with Gasteiger partial charge >= 0.3 is 0 Å². The van der Waals surface area contributed by atoms with Crippen molar-refractivity contribution in [3.05, 3.63) is 24.3 Å². The van der Waals surface area contributed by atoms with Crippen molar-refractivity contribution < 1.29 is 19.1 Å². The predicted octanol–water partition coefficient (Wildman–Crippen LogP) is 1.66. The van der Waals surface area contributed by atoms with Crippen molar-refractivity contribution in [1.82, 2.24) is 4.90 Å². The Morgan fingerprint density at radius 3 is 2.25 bits per heavy atom. The number of nitrogens with zero attached hydrogens (tertiary/aromatic N) is 1. The van der Waals surface area contributed by atoms with Crippen LogP contribution in [0.5, 0.6) is 5.75 Å². The van der Waals surface area contributed by atoms with Gasteiger partial charge in [-0.25, -0.2) is 0 Å². The molecule has 1 N–H and O–H groups in total. The Balaban J connectivity index is 1.42. The molecule has 2 unspecified atom stereocenters. The third kappa shape index (κ3) is 2.28. The quantitative estimate of drug-likeness (QED) is 0.853. The summed E-state index contributed by atoms with van der Waals surface area (Å²) in [7, 11) is 1.57. The van der Waals surface area contributed by atoms with Gasteiger partial charge in [0.2, 0.25) is 17.7 Å². The minimum Gasteiger partial charge on any atom is -0.497 e. The monoisotopic (exact) mass is 328 g/mol. The second kappa shape index (κ2) is 5.61. The maximum atomic E-state index is 12.6. The molecule has 6 heteroatoms. The van der Waals surface area contributed by atoms with Crippen LogP contribution in [0.25, 0.3) is 0 Å².